The minimum atomic E-state index is -1.03. The molecule has 0 saturated heterocycles. The second-order valence-electron chi connectivity index (χ2n) is 10.7. The Morgan fingerprint density at radius 2 is 2.05 bits per heavy atom. The first-order valence-corrected chi connectivity index (χ1v) is 13.9. The lowest BCUT2D eigenvalue weighted by Gasteiger charge is -2.28. The van der Waals surface area contributed by atoms with Gasteiger partial charge in [-0.3, -0.25) is 0 Å². The lowest BCUT2D eigenvalue weighted by atomic mass is 9.91. The summed E-state index contributed by atoms with van der Waals surface area (Å²) in [5.74, 6) is 5.19. The Bertz CT molecular complexity index is 982. The van der Waals surface area contributed by atoms with Gasteiger partial charge in [0.1, 0.15) is 19.0 Å². The van der Waals surface area contributed by atoms with Gasteiger partial charge in [0.2, 0.25) is 0 Å². The summed E-state index contributed by atoms with van der Waals surface area (Å²) in [5, 5.41) is 10.9. The van der Waals surface area contributed by atoms with Gasteiger partial charge in [-0.05, 0) is 44.9 Å². The van der Waals surface area contributed by atoms with E-state index in [0.717, 1.165) is 31.3 Å². The zero-order chi connectivity index (χ0) is 28.0. The first-order valence-electron chi connectivity index (χ1n) is 13.9. The predicted octanol–water partition coefficient (Wildman–Crippen LogP) is 4.97. The largest absolute Gasteiger partial charge is 0.449 e. The maximum absolute atomic E-state index is 12.6. The van der Waals surface area contributed by atoms with Crippen LogP contribution in [0.2, 0.25) is 0 Å². The van der Waals surface area contributed by atoms with Gasteiger partial charge in [-0.15, -0.1) is 0 Å². The van der Waals surface area contributed by atoms with E-state index in [1.165, 1.54) is 5.57 Å². The molecule has 3 heterocycles. The van der Waals surface area contributed by atoms with Crippen LogP contribution in [0.25, 0.3) is 0 Å². The smallest absolute Gasteiger partial charge is 0.384 e. The third kappa shape index (κ3) is 11.7. The van der Waals surface area contributed by atoms with E-state index in [1.54, 1.807) is 13.2 Å². The van der Waals surface area contributed by atoms with Crippen LogP contribution in [0.3, 0.4) is 0 Å². The van der Waals surface area contributed by atoms with Crippen molar-refractivity contribution in [1.29, 1.82) is 0 Å². The number of aliphatic hydroxyl groups is 1. The fraction of sp³-hybridized carbons (Fsp3) is 0.594. The van der Waals surface area contributed by atoms with Gasteiger partial charge in [0, 0.05) is 25.9 Å². The third-order valence-corrected chi connectivity index (χ3v) is 6.95. The Hall–Kier alpha value is -2.47. The molecular weight excluding hydrogens is 496 g/mol. The van der Waals surface area contributed by atoms with Gasteiger partial charge in [0.25, 0.3) is 0 Å². The van der Waals surface area contributed by atoms with Crippen LogP contribution in [0.1, 0.15) is 58.8 Å². The summed E-state index contributed by atoms with van der Waals surface area (Å²) in [7, 11) is 1.58. The van der Waals surface area contributed by atoms with Crippen molar-refractivity contribution in [2.75, 3.05) is 20.5 Å². The van der Waals surface area contributed by atoms with Gasteiger partial charge < -0.3 is 28.8 Å². The van der Waals surface area contributed by atoms with Crippen LogP contribution in [-0.4, -0.2) is 68.2 Å². The Kier molecular flexibility index (Phi) is 13.2. The molecule has 0 radical (unpaired) electrons. The molecule has 0 aromatic rings. The number of ether oxygens (including phenoxy) is 5. The summed E-state index contributed by atoms with van der Waals surface area (Å²) < 4.78 is 28.5. The maximum atomic E-state index is 12.6. The third-order valence-electron chi connectivity index (χ3n) is 6.95. The molecule has 3 rings (SSSR count). The molecule has 7 nitrogen and oxygen atoms in total. The van der Waals surface area contributed by atoms with E-state index < -0.39 is 18.2 Å². The van der Waals surface area contributed by atoms with Crippen molar-refractivity contribution >= 4 is 5.97 Å². The summed E-state index contributed by atoms with van der Waals surface area (Å²) in [6, 6.07) is 0. The number of cyclic esters (lactones) is 1. The summed E-state index contributed by atoms with van der Waals surface area (Å²) >= 11 is 0. The standard InChI is InChI=1S/C32H44O7/c1-23-16-17-36-28(19-23)14-15-30(33)31-12-6-10-27(37-22-35-4)20-24(2)18-25(3)21-29-11-5-8-26(38-29)9-7-13-32(34)39-31/h5-6,8,10,14-16,25-31,33H,2,9,11-12,17-22H2,1,3-4H3/b10-6+,15-14+/t25-,26-,27+,28+,29-,30-,31-/m0/s1. The number of carbonyl (C=O) groups excluding carboxylic acids is 1. The van der Waals surface area contributed by atoms with Gasteiger partial charge in [0.05, 0.1) is 31.0 Å². The van der Waals surface area contributed by atoms with Crippen molar-refractivity contribution in [2.45, 2.75) is 95.4 Å². The molecule has 7 atom stereocenters. The van der Waals surface area contributed by atoms with Crippen LogP contribution in [0.5, 0.6) is 0 Å². The predicted molar refractivity (Wildman–Crippen MR) is 151 cm³/mol. The Labute approximate surface area is 233 Å². The fourth-order valence-corrected chi connectivity index (χ4v) is 5.00. The number of fused-ring (bicyclic) bond motifs is 2. The maximum Gasteiger partial charge on any atom is 0.384 e. The zero-order valence-electron chi connectivity index (χ0n) is 23.6. The van der Waals surface area contributed by atoms with Crippen LogP contribution in [0, 0.1) is 17.8 Å². The molecule has 0 aromatic heterocycles. The quantitative estimate of drug-likeness (QED) is 0.167. The lowest BCUT2D eigenvalue weighted by molar-refractivity contribution is -0.145. The van der Waals surface area contributed by atoms with Gasteiger partial charge in [0.15, 0.2) is 0 Å². The highest BCUT2D eigenvalue weighted by Gasteiger charge is 2.23. The molecule has 0 saturated carbocycles. The molecule has 214 valence electrons. The number of hydrogen-bond donors (Lipinski definition) is 1. The van der Waals surface area contributed by atoms with Crippen molar-refractivity contribution in [3.63, 3.8) is 0 Å². The van der Waals surface area contributed by atoms with E-state index in [-0.39, 0.29) is 37.6 Å². The molecule has 3 aliphatic rings. The molecule has 0 fully saturated rings. The normalized spacial score (nSPS) is 32.8. The lowest BCUT2D eigenvalue weighted by Crippen LogP contribution is -2.30. The first kappa shape index (κ1) is 31.1. The molecule has 3 aliphatic heterocycles. The van der Waals surface area contributed by atoms with Crippen LogP contribution in [-0.2, 0) is 28.5 Å². The van der Waals surface area contributed by atoms with E-state index in [2.05, 4.69) is 38.3 Å². The molecule has 39 heavy (non-hydrogen) atoms. The van der Waals surface area contributed by atoms with Crippen molar-refractivity contribution < 1.29 is 33.6 Å². The molecule has 0 spiro atoms. The molecule has 0 unspecified atom stereocenters. The van der Waals surface area contributed by atoms with E-state index in [1.807, 2.05) is 30.4 Å². The van der Waals surface area contributed by atoms with E-state index in [9.17, 15) is 9.90 Å². The van der Waals surface area contributed by atoms with Gasteiger partial charge >= 0.3 is 5.97 Å². The monoisotopic (exact) mass is 540 g/mol. The fourth-order valence-electron chi connectivity index (χ4n) is 5.00. The number of aliphatic hydroxyl groups excluding tert-OH is 1. The molecule has 2 bridgehead atoms. The minimum absolute atomic E-state index is 0.106. The Morgan fingerprint density at radius 3 is 2.85 bits per heavy atom. The van der Waals surface area contributed by atoms with E-state index in [4.69, 9.17) is 23.7 Å². The van der Waals surface area contributed by atoms with E-state index in [0.29, 0.717) is 25.4 Å². The van der Waals surface area contributed by atoms with Gasteiger partial charge in [-0.2, -0.15) is 0 Å². The number of esters is 1. The average Bonchev–Trinajstić information content (AvgIpc) is 2.89. The van der Waals surface area contributed by atoms with Crippen LogP contribution < -0.4 is 0 Å². The first-order chi connectivity index (χ1) is 18.8. The van der Waals surface area contributed by atoms with Crippen molar-refractivity contribution in [3.05, 3.63) is 60.3 Å². The Balaban J connectivity index is 1.76. The van der Waals surface area contributed by atoms with Crippen molar-refractivity contribution in [1.82, 2.24) is 0 Å². The molecular formula is C32H44O7. The molecule has 1 N–H and O–H groups in total. The minimum Gasteiger partial charge on any atom is -0.449 e. The highest BCUT2D eigenvalue weighted by molar-refractivity contribution is 5.88. The zero-order valence-corrected chi connectivity index (χ0v) is 23.6. The van der Waals surface area contributed by atoms with Crippen molar-refractivity contribution in [3.8, 4) is 11.8 Å². The molecule has 0 aliphatic carbocycles. The number of methoxy groups -OCH3 is 1. The van der Waals surface area contributed by atoms with Gasteiger partial charge in [-0.1, -0.05) is 73.1 Å². The number of carbonyl (C=O) groups is 1. The highest BCUT2D eigenvalue weighted by atomic mass is 16.7. The molecule has 0 amide bonds. The highest BCUT2D eigenvalue weighted by Crippen LogP contribution is 2.26. The Morgan fingerprint density at radius 1 is 1.23 bits per heavy atom. The van der Waals surface area contributed by atoms with Crippen molar-refractivity contribution in [2.24, 2.45) is 5.92 Å². The SMILES string of the molecule is C=C1C[C@H](C)C[C@@H]2CC=C[C@@H](CC#CC(=O)O[C@H]([C@@H](O)/C=C/[C@@H]3CC(C)=CCO3)C/C=C/[C@@H](OCOC)C1)O2. The summed E-state index contributed by atoms with van der Waals surface area (Å²) in [5.41, 5.74) is 2.33. The second kappa shape index (κ2) is 16.6. The summed E-state index contributed by atoms with van der Waals surface area (Å²) in [4.78, 5) is 12.6. The van der Waals surface area contributed by atoms with Crippen LogP contribution in [0.4, 0.5) is 0 Å². The topological polar surface area (TPSA) is 83.5 Å². The van der Waals surface area contributed by atoms with Gasteiger partial charge in [-0.25, -0.2) is 4.79 Å². The number of rotatable bonds is 6. The van der Waals surface area contributed by atoms with Crippen LogP contribution in [0.15, 0.2) is 60.3 Å². The second-order valence-corrected chi connectivity index (χ2v) is 10.7. The molecule has 0 aromatic carbocycles. The number of hydrogen-bond acceptors (Lipinski definition) is 7. The summed E-state index contributed by atoms with van der Waals surface area (Å²) in [6.45, 7) is 9.26. The van der Waals surface area contributed by atoms with E-state index >= 15 is 0 Å². The average molecular weight is 541 g/mol. The molecule has 7 heteroatoms. The van der Waals surface area contributed by atoms with Crippen LogP contribution >= 0.6 is 0 Å². The summed E-state index contributed by atoms with van der Waals surface area (Å²) in [6.07, 6.45) is 15.9.